The number of aliphatic hydroxyl groups excluding tert-OH is 1. The van der Waals surface area contributed by atoms with Crippen LogP contribution in [0.15, 0.2) is 0 Å². The smallest absolute Gasteiger partial charge is 0.222 e. The zero-order valence-electron chi connectivity index (χ0n) is 11.5. The number of carbonyl (C=O) groups is 1. The van der Waals surface area contributed by atoms with Gasteiger partial charge in [0.1, 0.15) is 0 Å². The van der Waals surface area contributed by atoms with Crippen LogP contribution in [0.4, 0.5) is 0 Å². The molecule has 6 heteroatoms. The lowest BCUT2D eigenvalue weighted by molar-refractivity contribution is -0.133. The molecule has 0 aliphatic carbocycles. The van der Waals surface area contributed by atoms with E-state index in [-0.39, 0.29) is 19.0 Å². The first-order chi connectivity index (χ1) is 8.79. The summed E-state index contributed by atoms with van der Waals surface area (Å²) in [7, 11) is 0. The molecule has 2 aliphatic heterocycles. The van der Waals surface area contributed by atoms with E-state index >= 15 is 0 Å². The second kappa shape index (κ2) is 8.74. The first-order valence-corrected chi connectivity index (χ1v) is 7.11. The summed E-state index contributed by atoms with van der Waals surface area (Å²) in [6, 6.07) is 0. The number of carbonyl (C=O) groups excluding carboxylic acids is 1. The molecule has 0 aromatic carbocycles. The first-order valence-electron chi connectivity index (χ1n) is 7.11. The number of amides is 1. The fraction of sp³-hybridized carbons (Fsp3) is 0.923. The molecule has 0 saturated carbocycles. The summed E-state index contributed by atoms with van der Waals surface area (Å²) in [5, 5.41) is 12.2. The van der Waals surface area contributed by atoms with Crippen LogP contribution in [-0.2, 0) is 4.79 Å². The van der Waals surface area contributed by atoms with E-state index in [0.717, 1.165) is 52.2 Å². The van der Waals surface area contributed by atoms with Crippen molar-refractivity contribution in [1.29, 1.82) is 0 Å². The number of hydrogen-bond donors (Lipinski definition) is 2. The summed E-state index contributed by atoms with van der Waals surface area (Å²) in [4.78, 5) is 16.3. The van der Waals surface area contributed by atoms with E-state index in [9.17, 15) is 4.79 Å². The Morgan fingerprint density at radius 1 is 1.26 bits per heavy atom. The van der Waals surface area contributed by atoms with Crippen molar-refractivity contribution in [3.8, 4) is 0 Å². The number of rotatable bonds is 5. The highest BCUT2D eigenvalue weighted by Crippen LogP contribution is 2.15. The first kappa shape index (κ1) is 16.7. The van der Waals surface area contributed by atoms with Crippen molar-refractivity contribution in [3.05, 3.63) is 0 Å². The van der Waals surface area contributed by atoms with Crippen LogP contribution in [0.2, 0.25) is 0 Å². The van der Waals surface area contributed by atoms with Gasteiger partial charge in [-0.15, -0.1) is 12.4 Å². The topological polar surface area (TPSA) is 55.8 Å². The Morgan fingerprint density at radius 3 is 2.58 bits per heavy atom. The van der Waals surface area contributed by atoms with Gasteiger partial charge in [-0.3, -0.25) is 9.69 Å². The highest BCUT2D eigenvalue weighted by molar-refractivity contribution is 5.85. The Bertz CT molecular complexity index is 265. The van der Waals surface area contributed by atoms with Gasteiger partial charge in [0, 0.05) is 39.1 Å². The van der Waals surface area contributed by atoms with Crippen LogP contribution >= 0.6 is 12.4 Å². The predicted molar refractivity (Wildman–Crippen MR) is 77.6 cm³/mol. The fourth-order valence-corrected chi connectivity index (χ4v) is 2.81. The van der Waals surface area contributed by atoms with E-state index < -0.39 is 0 Å². The van der Waals surface area contributed by atoms with Crippen molar-refractivity contribution in [2.75, 3.05) is 52.4 Å². The van der Waals surface area contributed by atoms with Crippen LogP contribution in [0.1, 0.15) is 19.3 Å². The zero-order chi connectivity index (χ0) is 12.8. The molecule has 2 fully saturated rings. The molecule has 0 spiro atoms. The summed E-state index contributed by atoms with van der Waals surface area (Å²) in [5.41, 5.74) is 0. The molecule has 1 atom stereocenters. The number of aliphatic hydroxyl groups is 1. The van der Waals surface area contributed by atoms with Crippen molar-refractivity contribution in [2.45, 2.75) is 19.3 Å². The molecule has 0 aromatic rings. The maximum atomic E-state index is 12.1. The van der Waals surface area contributed by atoms with Gasteiger partial charge >= 0.3 is 0 Å². The summed E-state index contributed by atoms with van der Waals surface area (Å²) < 4.78 is 0. The van der Waals surface area contributed by atoms with Crippen LogP contribution in [-0.4, -0.2) is 73.2 Å². The van der Waals surface area contributed by atoms with Crippen LogP contribution < -0.4 is 5.32 Å². The van der Waals surface area contributed by atoms with Gasteiger partial charge in [0.25, 0.3) is 0 Å². The third-order valence-electron chi connectivity index (χ3n) is 4.07. The molecule has 2 aliphatic rings. The lowest BCUT2D eigenvalue weighted by atomic mass is 10.0. The van der Waals surface area contributed by atoms with Crippen molar-refractivity contribution in [2.24, 2.45) is 5.92 Å². The Kier molecular flexibility index (Phi) is 7.68. The van der Waals surface area contributed by atoms with Gasteiger partial charge in [0.05, 0.1) is 6.61 Å². The Balaban J connectivity index is 0.00000180. The summed E-state index contributed by atoms with van der Waals surface area (Å²) in [6.45, 7) is 6.58. The number of hydrogen-bond acceptors (Lipinski definition) is 4. The van der Waals surface area contributed by atoms with E-state index in [1.54, 1.807) is 0 Å². The molecular weight excluding hydrogens is 266 g/mol. The molecule has 2 N–H and O–H groups in total. The van der Waals surface area contributed by atoms with Gasteiger partial charge in [0.15, 0.2) is 0 Å². The van der Waals surface area contributed by atoms with Crippen molar-refractivity contribution in [1.82, 2.24) is 15.1 Å². The third kappa shape index (κ3) is 5.26. The normalized spacial score (nSPS) is 24.3. The van der Waals surface area contributed by atoms with Crippen LogP contribution in [0, 0.1) is 5.92 Å². The molecule has 1 amide bonds. The zero-order valence-corrected chi connectivity index (χ0v) is 12.3. The highest BCUT2D eigenvalue weighted by Gasteiger charge is 2.22. The monoisotopic (exact) mass is 291 g/mol. The molecule has 112 valence electrons. The molecule has 2 saturated heterocycles. The molecule has 0 radical (unpaired) electrons. The number of nitrogens with zero attached hydrogens (tertiary/aromatic N) is 2. The fourth-order valence-electron chi connectivity index (χ4n) is 2.81. The lowest BCUT2D eigenvalue weighted by Gasteiger charge is -2.34. The van der Waals surface area contributed by atoms with E-state index in [4.69, 9.17) is 5.11 Å². The third-order valence-corrected chi connectivity index (χ3v) is 4.07. The maximum Gasteiger partial charge on any atom is 0.222 e. The van der Waals surface area contributed by atoms with Crippen molar-refractivity contribution < 1.29 is 9.90 Å². The van der Waals surface area contributed by atoms with E-state index in [2.05, 4.69) is 10.2 Å². The largest absolute Gasteiger partial charge is 0.395 e. The minimum Gasteiger partial charge on any atom is -0.395 e. The van der Waals surface area contributed by atoms with Gasteiger partial charge < -0.3 is 15.3 Å². The van der Waals surface area contributed by atoms with E-state index in [1.165, 1.54) is 6.42 Å². The van der Waals surface area contributed by atoms with Crippen LogP contribution in [0.3, 0.4) is 0 Å². The minimum absolute atomic E-state index is 0. The van der Waals surface area contributed by atoms with Crippen molar-refractivity contribution >= 4 is 18.3 Å². The maximum absolute atomic E-state index is 12.1. The molecule has 2 heterocycles. The van der Waals surface area contributed by atoms with Crippen LogP contribution in [0.25, 0.3) is 0 Å². The highest BCUT2D eigenvalue weighted by atomic mass is 35.5. The van der Waals surface area contributed by atoms with E-state index in [0.29, 0.717) is 18.2 Å². The summed E-state index contributed by atoms with van der Waals surface area (Å²) in [6.07, 6.45) is 2.95. The second-order valence-electron chi connectivity index (χ2n) is 5.34. The van der Waals surface area contributed by atoms with Gasteiger partial charge in [-0.25, -0.2) is 0 Å². The van der Waals surface area contributed by atoms with Crippen LogP contribution in [0.5, 0.6) is 0 Å². The van der Waals surface area contributed by atoms with Gasteiger partial charge in [0.2, 0.25) is 5.91 Å². The molecule has 0 aromatic heterocycles. The summed E-state index contributed by atoms with van der Waals surface area (Å²) in [5.74, 6) is 1.01. The quantitative estimate of drug-likeness (QED) is 0.745. The Hall–Kier alpha value is -0.360. The van der Waals surface area contributed by atoms with Gasteiger partial charge in [-0.2, -0.15) is 0 Å². The number of β-amino-alcohol motifs (C(OH)–C–C–N with tert-alkyl or cyclic N) is 1. The van der Waals surface area contributed by atoms with Gasteiger partial charge in [-0.1, -0.05) is 0 Å². The molecular formula is C13H26ClN3O2. The van der Waals surface area contributed by atoms with Gasteiger partial charge in [-0.05, 0) is 31.8 Å². The Labute approximate surface area is 121 Å². The predicted octanol–water partition coefficient (Wildman–Crippen LogP) is -0.0656. The second-order valence-corrected chi connectivity index (χ2v) is 5.34. The average molecular weight is 292 g/mol. The molecule has 2 rings (SSSR count). The molecule has 19 heavy (non-hydrogen) atoms. The summed E-state index contributed by atoms with van der Waals surface area (Å²) >= 11 is 0. The lowest BCUT2D eigenvalue weighted by Crippen LogP contribution is -2.49. The molecule has 1 unspecified atom stereocenters. The minimum atomic E-state index is 0. The number of nitrogens with one attached hydrogen (secondary N) is 1. The van der Waals surface area contributed by atoms with E-state index in [1.807, 2.05) is 4.90 Å². The van der Waals surface area contributed by atoms with Crippen molar-refractivity contribution in [3.63, 3.8) is 0 Å². The number of halogens is 1. The average Bonchev–Trinajstić information content (AvgIpc) is 2.90. The molecule has 0 bridgehead atoms. The number of piperazine rings is 1. The Morgan fingerprint density at radius 2 is 2.00 bits per heavy atom. The SMILES string of the molecule is Cl.O=C(CCC1CCNC1)N1CCN(CCO)CC1. The molecule has 5 nitrogen and oxygen atoms in total. The standard InChI is InChI=1S/C13H25N3O2.ClH/c17-10-9-15-5-7-16(8-6-15)13(18)2-1-12-3-4-14-11-12;/h12,14,17H,1-11H2;1H.